The maximum absolute atomic E-state index is 10.8. The van der Waals surface area contributed by atoms with Crippen molar-refractivity contribution in [3.63, 3.8) is 0 Å². The van der Waals surface area contributed by atoms with Crippen LogP contribution in [0.15, 0.2) is 59.1 Å². The van der Waals surface area contributed by atoms with Gasteiger partial charge in [0, 0.05) is 5.56 Å². The van der Waals surface area contributed by atoms with Gasteiger partial charge in [0.15, 0.2) is 0 Å². The lowest BCUT2D eigenvalue weighted by atomic mass is 10.1. The number of aryl methyl sites for hydroxylation is 1. The number of ether oxygens (including phenoxy) is 1. The summed E-state index contributed by atoms with van der Waals surface area (Å²) in [5, 5.41) is 13.0. The first kappa shape index (κ1) is 14.8. The highest BCUT2D eigenvalue weighted by Crippen LogP contribution is 2.26. The molecule has 0 atom stereocenters. The van der Waals surface area contributed by atoms with Gasteiger partial charge in [-0.05, 0) is 31.2 Å². The lowest BCUT2D eigenvalue weighted by Crippen LogP contribution is -1.99. The normalized spacial score (nSPS) is 10.5. The van der Waals surface area contributed by atoms with Crippen LogP contribution >= 0.6 is 0 Å². The number of benzene rings is 2. The highest BCUT2D eigenvalue weighted by atomic mass is 16.5. The second kappa shape index (κ2) is 6.36. The van der Waals surface area contributed by atoms with Crippen LogP contribution in [0.4, 0.5) is 0 Å². The average molecular weight is 309 g/mol. The number of carboxylic acids is 1. The Balaban J connectivity index is 1.78. The average Bonchev–Trinajstić information content (AvgIpc) is 2.95. The summed E-state index contributed by atoms with van der Waals surface area (Å²) in [7, 11) is 0. The zero-order chi connectivity index (χ0) is 16.2. The standard InChI is InChI=1S/C18H15NO4/c1-12-16(17(19-23-12)13-5-3-2-4-6-13)11-22-15-9-7-14(8-10-15)18(20)21/h2-10H,11H2,1H3,(H,20,21). The van der Waals surface area contributed by atoms with Gasteiger partial charge in [0.05, 0.1) is 11.1 Å². The molecule has 0 aliphatic rings. The minimum Gasteiger partial charge on any atom is -0.489 e. The van der Waals surface area contributed by atoms with Crippen LogP contribution < -0.4 is 4.74 Å². The van der Waals surface area contributed by atoms with Gasteiger partial charge >= 0.3 is 5.97 Å². The molecule has 0 saturated carbocycles. The quantitative estimate of drug-likeness (QED) is 0.773. The van der Waals surface area contributed by atoms with Crippen LogP contribution in [0.2, 0.25) is 0 Å². The fraction of sp³-hybridized carbons (Fsp3) is 0.111. The van der Waals surface area contributed by atoms with E-state index in [0.717, 1.165) is 16.8 Å². The summed E-state index contributed by atoms with van der Waals surface area (Å²) >= 11 is 0. The molecule has 2 aromatic carbocycles. The van der Waals surface area contributed by atoms with E-state index in [1.165, 1.54) is 12.1 Å². The molecule has 3 aromatic rings. The van der Waals surface area contributed by atoms with Crippen molar-refractivity contribution < 1.29 is 19.2 Å². The van der Waals surface area contributed by atoms with E-state index >= 15 is 0 Å². The number of hydrogen-bond acceptors (Lipinski definition) is 4. The largest absolute Gasteiger partial charge is 0.489 e. The van der Waals surface area contributed by atoms with Crippen molar-refractivity contribution in [2.75, 3.05) is 0 Å². The van der Waals surface area contributed by atoms with Gasteiger partial charge in [0.25, 0.3) is 0 Å². The zero-order valence-electron chi connectivity index (χ0n) is 12.5. The summed E-state index contributed by atoms with van der Waals surface area (Å²) in [6.07, 6.45) is 0. The number of aromatic nitrogens is 1. The van der Waals surface area contributed by atoms with Crippen LogP contribution in [0, 0.1) is 6.92 Å². The molecule has 5 heteroatoms. The Labute approximate surface area is 133 Å². The zero-order valence-corrected chi connectivity index (χ0v) is 12.5. The maximum Gasteiger partial charge on any atom is 0.335 e. The number of carboxylic acid groups (broad SMARTS) is 1. The van der Waals surface area contributed by atoms with Crippen LogP contribution in [-0.4, -0.2) is 16.2 Å². The van der Waals surface area contributed by atoms with Gasteiger partial charge in [-0.25, -0.2) is 4.79 Å². The summed E-state index contributed by atoms with van der Waals surface area (Å²) in [5.74, 6) is 0.332. The van der Waals surface area contributed by atoms with Crippen molar-refractivity contribution in [1.29, 1.82) is 0 Å². The molecule has 0 amide bonds. The lowest BCUT2D eigenvalue weighted by molar-refractivity contribution is 0.0697. The molecule has 5 nitrogen and oxygen atoms in total. The highest BCUT2D eigenvalue weighted by Gasteiger charge is 2.15. The van der Waals surface area contributed by atoms with Crippen molar-refractivity contribution in [1.82, 2.24) is 5.16 Å². The van der Waals surface area contributed by atoms with Crippen LogP contribution in [0.1, 0.15) is 21.7 Å². The fourth-order valence-electron chi connectivity index (χ4n) is 2.23. The number of carbonyl (C=O) groups is 1. The van der Waals surface area contributed by atoms with Crippen molar-refractivity contribution in [2.45, 2.75) is 13.5 Å². The Morgan fingerprint density at radius 3 is 2.48 bits per heavy atom. The predicted octanol–water partition coefficient (Wildman–Crippen LogP) is 3.93. The minimum atomic E-state index is -0.960. The molecule has 0 unspecified atom stereocenters. The Morgan fingerprint density at radius 2 is 1.83 bits per heavy atom. The van der Waals surface area contributed by atoms with Crippen molar-refractivity contribution in [3.8, 4) is 17.0 Å². The molecule has 1 aromatic heterocycles. The molecule has 0 aliphatic carbocycles. The topological polar surface area (TPSA) is 72.6 Å². The summed E-state index contributed by atoms with van der Waals surface area (Å²) in [5.41, 5.74) is 2.82. The van der Waals surface area contributed by atoms with Gasteiger partial charge in [0.2, 0.25) is 0 Å². The van der Waals surface area contributed by atoms with Gasteiger partial charge in [0.1, 0.15) is 23.8 Å². The van der Waals surface area contributed by atoms with E-state index in [9.17, 15) is 4.79 Å². The minimum absolute atomic E-state index is 0.225. The smallest absolute Gasteiger partial charge is 0.335 e. The number of hydrogen-bond donors (Lipinski definition) is 1. The predicted molar refractivity (Wildman–Crippen MR) is 84.4 cm³/mol. The third-order valence-electron chi connectivity index (χ3n) is 3.52. The summed E-state index contributed by atoms with van der Waals surface area (Å²) < 4.78 is 11.0. The molecule has 0 aliphatic heterocycles. The molecule has 1 heterocycles. The molecular formula is C18H15NO4. The van der Waals surface area contributed by atoms with Crippen LogP contribution in [0.3, 0.4) is 0 Å². The van der Waals surface area contributed by atoms with Gasteiger partial charge in [-0.3, -0.25) is 0 Å². The molecular weight excluding hydrogens is 294 g/mol. The van der Waals surface area contributed by atoms with E-state index in [2.05, 4.69) is 5.16 Å². The number of aromatic carboxylic acids is 1. The Bertz CT molecular complexity index is 807. The van der Waals surface area contributed by atoms with Gasteiger partial charge in [-0.15, -0.1) is 0 Å². The Hall–Kier alpha value is -3.08. The summed E-state index contributed by atoms with van der Waals surface area (Å²) in [6, 6.07) is 16.0. The molecule has 23 heavy (non-hydrogen) atoms. The molecule has 3 rings (SSSR count). The van der Waals surface area contributed by atoms with E-state index in [1.54, 1.807) is 12.1 Å². The molecule has 0 radical (unpaired) electrons. The molecule has 0 spiro atoms. The first-order chi connectivity index (χ1) is 11.1. The molecule has 116 valence electrons. The summed E-state index contributed by atoms with van der Waals surface area (Å²) in [6.45, 7) is 2.14. The van der Waals surface area contributed by atoms with Gasteiger partial charge in [-0.2, -0.15) is 0 Å². The Morgan fingerprint density at radius 1 is 1.13 bits per heavy atom. The van der Waals surface area contributed by atoms with E-state index in [0.29, 0.717) is 18.1 Å². The van der Waals surface area contributed by atoms with E-state index < -0.39 is 5.97 Å². The van der Waals surface area contributed by atoms with Gasteiger partial charge < -0.3 is 14.4 Å². The second-order valence-corrected chi connectivity index (χ2v) is 5.05. The third kappa shape index (κ3) is 3.23. The molecule has 0 fully saturated rings. The fourth-order valence-corrected chi connectivity index (χ4v) is 2.23. The van der Waals surface area contributed by atoms with E-state index in [-0.39, 0.29) is 5.56 Å². The van der Waals surface area contributed by atoms with Crippen LogP contribution in [-0.2, 0) is 6.61 Å². The SMILES string of the molecule is Cc1onc(-c2ccccc2)c1COc1ccc(C(=O)O)cc1. The molecule has 0 bridgehead atoms. The second-order valence-electron chi connectivity index (χ2n) is 5.05. The van der Waals surface area contributed by atoms with Crippen molar-refractivity contribution >= 4 is 5.97 Å². The lowest BCUT2D eigenvalue weighted by Gasteiger charge is -2.07. The molecule has 1 N–H and O–H groups in total. The van der Waals surface area contributed by atoms with E-state index in [1.807, 2.05) is 37.3 Å². The monoisotopic (exact) mass is 309 g/mol. The van der Waals surface area contributed by atoms with E-state index in [4.69, 9.17) is 14.4 Å². The Kier molecular flexibility index (Phi) is 4.10. The van der Waals surface area contributed by atoms with Crippen molar-refractivity contribution in [3.05, 3.63) is 71.5 Å². The van der Waals surface area contributed by atoms with Crippen LogP contribution in [0.5, 0.6) is 5.75 Å². The number of nitrogens with zero attached hydrogens (tertiary/aromatic N) is 1. The number of rotatable bonds is 5. The third-order valence-corrected chi connectivity index (χ3v) is 3.52. The maximum atomic E-state index is 10.8. The molecule has 0 saturated heterocycles. The summed E-state index contributed by atoms with van der Waals surface area (Å²) in [4.78, 5) is 10.8. The van der Waals surface area contributed by atoms with Gasteiger partial charge in [-0.1, -0.05) is 35.5 Å². The van der Waals surface area contributed by atoms with Crippen molar-refractivity contribution in [2.24, 2.45) is 0 Å². The first-order valence-corrected chi connectivity index (χ1v) is 7.12. The highest BCUT2D eigenvalue weighted by molar-refractivity contribution is 5.87. The van der Waals surface area contributed by atoms with Crippen LogP contribution in [0.25, 0.3) is 11.3 Å². The first-order valence-electron chi connectivity index (χ1n) is 7.12.